The van der Waals surface area contributed by atoms with E-state index >= 15 is 4.39 Å². The van der Waals surface area contributed by atoms with Crippen LogP contribution in [0.5, 0.6) is 0 Å². The van der Waals surface area contributed by atoms with Crippen molar-refractivity contribution >= 4 is 44.5 Å². The Morgan fingerprint density at radius 1 is 1.10 bits per heavy atom. The van der Waals surface area contributed by atoms with Crippen LogP contribution in [0.1, 0.15) is 31.5 Å². The lowest BCUT2D eigenvalue weighted by molar-refractivity contribution is -0.137. The molecule has 1 amide bonds. The third-order valence-corrected chi connectivity index (χ3v) is 9.14. The molecule has 2 aliphatic heterocycles. The van der Waals surface area contributed by atoms with Crippen LogP contribution in [-0.2, 0) is 6.18 Å². The van der Waals surface area contributed by atoms with E-state index in [2.05, 4.69) is 15.6 Å². The molecule has 2 fully saturated rings. The van der Waals surface area contributed by atoms with Crippen LogP contribution in [-0.4, -0.2) is 59.3 Å². The highest BCUT2D eigenvalue weighted by molar-refractivity contribution is 7.20. The molecule has 0 spiro atoms. The number of carbonyl (C=O) groups is 2. The summed E-state index contributed by atoms with van der Waals surface area (Å²) in [5.41, 5.74) is -0.468. The van der Waals surface area contributed by atoms with E-state index in [1.165, 1.54) is 23.5 Å². The Balaban J connectivity index is 1.16. The van der Waals surface area contributed by atoms with Gasteiger partial charge in [-0.3, -0.25) is 14.9 Å². The van der Waals surface area contributed by atoms with Crippen molar-refractivity contribution in [2.45, 2.75) is 24.2 Å². The summed E-state index contributed by atoms with van der Waals surface area (Å²) >= 11 is 2.35. The summed E-state index contributed by atoms with van der Waals surface area (Å²) in [6.07, 6.45) is -2.22. The zero-order chi connectivity index (χ0) is 27.4. The molecule has 2 aromatic carbocycles. The number of benzene rings is 2. The van der Waals surface area contributed by atoms with Crippen molar-refractivity contribution in [3.63, 3.8) is 0 Å². The molecule has 202 valence electrons. The number of nitrogens with zero attached hydrogens (tertiary/aromatic N) is 2. The van der Waals surface area contributed by atoms with Gasteiger partial charge in [-0.15, -0.1) is 22.7 Å². The van der Waals surface area contributed by atoms with E-state index in [4.69, 9.17) is 0 Å². The highest BCUT2D eigenvalue weighted by atomic mass is 32.1. The van der Waals surface area contributed by atoms with Crippen molar-refractivity contribution in [3.8, 4) is 11.1 Å². The number of aromatic nitrogens is 1. The third-order valence-electron chi connectivity index (χ3n) is 7.23. The Labute approximate surface area is 228 Å². The van der Waals surface area contributed by atoms with Gasteiger partial charge < -0.3 is 10.2 Å². The second-order valence-electron chi connectivity index (χ2n) is 9.76. The molecule has 0 bridgehead atoms. The van der Waals surface area contributed by atoms with Gasteiger partial charge in [-0.25, -0.2) is 9.37 Å². The van der Waals surface area contributed by atoms with Gasteiger partial charge in [-0.05, 0) is 48.4 Å². The number of likely N-dealkylation sites (tertiary alicyclic amines) is 1. The average Bonchev–Trinajstić information content (AvgIpc) is 3.66. The van der Waals surface area contributed by atoms with Gasteiger partial charge in [0.05, 0.1) is 11.1 Å². The van der Waals surface area contributed by atoms with Crippen LogP contribution in [0.25, 0.3) is 21.2 Å². The fourth-order valence-corrected chi connectivity index (χ4v) is 6.83. The number of halogens is 4. The Morgan fingerprint density at radius 3 is 2.49 bits per heavy atom. The van der Waals surface area contributed by atoms with E-state index in [0.717, 1.165) is 23.5 Å². The van der Waals surface area contributed by atoms with Crippen molar-refractivity contribution in [3.05, 3.63) is 75.3 Å². The van der Waals surface area contributed by atoms with E-state index in [9.17, 15) is 22.8 Å². The number of alkyl halides is 3. The molecule has 6 nitrogen and oxygen atoms in total. The number of amides is 1. The predicted molar refractivity (Wildman–Crippen MR) is 142 cm³/mol. The van der Waals surface area contributed by atoms with E-state index < -0.39 is 29.0 Å². The van der Waals surface area contributed by atoms with Gasteiger partial charge in [-0.2, -0.15) is 13.2 Å². The molecule has 0 saturated carbocycles. The number of carbonyl (C=O) groups excluding carboxylic acids is 2. The SMILES string of the molecule is O=C(c1sc2ccc(-c3ccc(C(F)(F)F)cc3)cc2c1F)N1CC(N[C@@]2(C(=O)c3nccs3)CCNC2)C1. The largest absolute Gasteiger partial charge is 0.416 e. The molecule has 12 heteroatoms. The molecule has 4 heterocycles. The average molecular weight is 575 g/mol. The first-order valence-electron chi connectivity index (χ1n) is 12.3. The number of ketones is 1. The number of thiophene rings is 1. The number of nitrogens with one attached hydrogen (secondary N) is 2. The summed E-state index contributed by atoms with van der Waals surface area (Å²) < 4.78 is 54.7. The second kappa shape index (κ2) is 9.77. The zero-order valence-corrected chi connectivity index (χ0v) is 22.0. The van der Waals surface area contributed by atoms with Gasteiger partial charge >= 0.3 is 6.18 Å². The van der Waals surface area contributed by atoms with Gasteiger partial charge in [-0.1, -0.05) is 18.2 Å². The van der Waals surface area contributed by atoms with Gasteiger partial charge in [0.2, 0.25) is 5.78 Å². The molecule has 0 radical (unpaired) electrons. The lowest BCUT2D eigenvalue weighted by atomic mass is 9.90. The normalized spacial score (nSPS) is 19.9. The van der Waals surface area contributed by atoms with Crippen LogP contribution in [0.15, 0.2) is 54.0 Å². The monoisotopic (exact) mass is 574 g/mol. The fourth-order valence-electron chi connectivity index (χ4n) is 5.12. The number of fused-ring (bicyclic) bond motifs is 1. The predicted octanol–water partition coefficient (Wildman–Crippen LogP) is 5.21. The Morgan fingerprint density at radius 2 is 1.85 bits per heavy atom. The maximum absolute atomic E-state index is 15.4. The van der Waals surface area contributed by atoms with Gasteiger partial charge in [0, 0.05) is 47.3 Å². The van der Waals surface area contributed by atoms with Crippen LogP contribution in [0.4, 0.5) is 17.6 Å². The van der Waals surface area contributed by atoms with E-state index in [0.29, 0.717) is 53.4 Å². The highest BCUT2D eigenvalue weighted by Gasteiger charge is 2.46. The minimum absolute atomic E-state index is 0.0101. The number of hydrogen-bond donors (Lipinski definition) is 2. The molecule has 1 atom stereocenters. The van der Waals surface area contributed by atoms with Crippen molar-refractivity contribution in [1.29, 1.82) is 0 Å². The Bertz CT molecular complexity index is 1540. The van der Waals surface area contributed by atoms with Crippen LogP contribution >= 0.6 is 22.7 Å². The minimum Gasteiger partial charge on any atom is -0.335 e. The Kier molecular flexibility index (Phi) is 6.53. The van der Waals surface area contributed by atoms with Crippen molar-refractivity contribution in [2.24, 2.45) is 0 Å². The van der Waals surface area contributed by atoms with Crippen LogP contribution in [0.3, 0.4) is 0 Å². The molecule has 0 aliphatic carbocycles. The van der Waals surface area contributed by atoms with E-state index in [1.807, 2.05) is 0 Å². The number of thiazole rings is 1. The summed E-state index contributed by atoms with van der Waals surface area (Å²) in [6.45, 7) is 1.86. The highest BCUT2D eigenvalue weighted by Crippen LogP contribution is 2.36. The quantitative estimate of drug-likeness (QED) is 0.244. The van der Waals surface area contributed by atoms with Crippen molar-refractivity contribution in [2.75, 3.05) is 26.2 Å². The maximum Gasteiger partial charge on any atom is 0.416 e. The molecule has 2 N–H and O–H groups in total. The number of Topliss-reactive ketones (excluding diaryl/α,β-unsaturated/α-hetero) is 1. The first-order chi connectivity index (χ1) is 18.6. The molecule has 2 aliphatic rings. The fraction of sp³-hybridized carbons (Fsp3) is 0.296. The minimum atomic E-state index is -4.44. The van der Waals surface area contributed by atoms with Crippen molar-refractivity contribution < 1.29 is 27.2 Å². The smallest absolute Gasteiger partial charge is 0.335 e. The lowest BCUT2D eigenvalue weighted by Gasteiger charge is -2.43. The summed E-state index contributed by atoms with van der Waals surface area (Å²) in [7, 11) is 0. The maximum atomic E-state index is 15.4. The molecule has 0 unspecified atom stereocenters. The summed E-state index contributed by atoms with van der Waals surface area (Å²) in [6, 6.07) is 9.50. The summed E-state index contributed by atoms with van der Waals surface area (Å²) in [4.78, 5) is 32.0. The van der Waals surface area contributed by atoms with Crippen molar-refractivity contribution in [1.82, 2.24) is 20.5 Å². The molecule has 2 aromatic heterocycles. The first kappa shape index (κ1) is 26.1. The third kappa shape index (κ3) is 4.75. The molecule has 6 rings (SSSR count). The summed E-state index contributed by atoms with van der Waals surface area (Å²) in [5.74, 6) is -1.13. The lowest BCUT2D eigenvalue weighted by Crippen LogP contribution is -2.67. The molecule has 39 heavy (non-hydrogen) atoms. The standard InChI is InChI=1S/C27H22F4N4O2S2/c28-21-19-11-16(15-1-4-17(5-2-15)27(29,30)31)3-6-20(19)39-22(21)25(37)35-12-18(13-35)34-26(7-8-32-14-26)23(36)24-33-9-10-38-24/h1-6,9-11,18,32,34H,7-8,12-14H2/t26-/m0/s1. The molecular formula is C27H22F4N4O2S2. The zero-order valence-electron chi connectivity index (χ0n) is 20.3. The first-order valence-corrected chi connectivity index (χ1v) is 14.0. The van der Waals surface area contributed by atoms with Crippen LogP contribution in [0, 0.1) is 5.82 Å². The van der Waals surface area contributed by atoms with Gasteiger partial charge in [0.1, 0.15) is 4.88 Å². The topological polar surface area (TPSA) is 74.3 Å². The summed E-state index contributed by atoms with van der Waals surface area (Å²) in [5, 5.41) is 9.13. The van der Waals surface area contributed by atoms with Gasteiger partial charge in [0.25, 0.3) is 5.91 Å². The number of hydrogen-bond acceptors (Lipinski definition) is 7. The van der Waals surface area contributed by atoms with Gasteiger partial charge in [0.15, 0.2) is 10.8 Å². The van der Waals surface area contributed by atoms with Crippen LogP contribution < -0.4 is 10.6 Å². The second-order valence-corrected chi connectivity index (χ2v) is 11.7. The van der Waals surface area contributed by atoms with E-state index in [1.54, 1.807) is 34.7 Å². The Hall–Kier alpha value is -3.19. The molecule has 4 aromatic rings. The molecular weight excluding hydrogens is 552 g/mol. The molecule has 2 saturated heterocycles. The number of rotatable bonds is 6. The van der Waals surface area contributed by atoms with E-state index in [-0.39, 0.29) is 22.1 Å². The van der Waals surface area contributed by atoms with Crippen LogP contribution in [0.2, 0.25) is 0 Å².